The van der Waals surface area contributed by atoms with Crippen molar-refractivity contribution in [1.82, 2.24) is 0 Å². The van der Waals surface area contributed by atoms with Crippen molar-refractivity contribution in [1.29, 1.82) is 0 Å². The van der Waals surface area contributed by atoms with Gasteiger partial charge in [-0.3, -0.25) is 4.79 Å². The summed E-state index contributed by atoms with van der Waals surface area (Å²) in [6.45, 7) is 2.59. The number of carbonyl (C=O) groups is 1. The molecule has 1 saturated heterocycles. The minimum atomic E-state index is -2.34. The fourth-order valence-electron chi connectivity index (χ4n) is 1.29. The maximum Gasteiger partial charge on any atom is 0.354 e. The van der Waals surface area contributed by atoms with E-state index in [1.54, 1.807) is 0 Å². The Kier molecular flexibility index (Phi) is 3.10. The third-order valence-electron chi connectivity index (χ3n) is 2.07. The van der Waals surface area contributed by atoms with E-state index >= 15 is 0 Å². The van der Waals surface area contributed by atoms with Gasteiger partial charge in [0.1, 0.15) is 0 Å². The van der Waals surface area contributed by atoms with Crippen LogP contribution in [0.2, 0.25) is 0 Å². The molecule has 0 aromatic heterocycles. The zero-order valence-electron chi connectivity index (χ0n) is 8.01. The minimum absolute atomic E-state index is 0.106. The first kappa shape index (κ1) is 11.4. The quantitative estimate of drug-likeness (QED) is 0.365. The lowest BCUT2D eigenvalue weighted by atomic mass is 10.0. The molecule has 1 fully saturated rings. The number of ether oxygens (including phenoxy) is 2. The third kappa shape index (κ3) is 2.21. The lowest BCUT2D eigenvalue weighted by Gasteiger charge is -2.40. The van der Waals surface area contributed by atoms with Crippen LogP contribution < -0.4 is 0 Å². The highest BCUT2D eigenvalue weighted by Crippen LogP contribution is 2.28. The molecular formula is C8H14O6. The van der Waals surface area contributed by atoms with Crippen LogP contribution >= 0.6 is 0 Å². The summed E-state index contributed by atoms with van der Waals surface area (Å²) in [5.41, 5.74) is 0. The van der Waals surface area contributed by atoms with Crippen LogP contribution in [0.3, 0.4) is 0 Å². The zero-order chi connectivity index (χ0) is 10.9. The van der Waals surface area contributed by atoms with Crippen molar-refractivity contribution < 1.29 is 29.6 Å². The van der Waals surface area contributed by atoms with Crippen molar-refractivity contribution in [3.63, 3.8) is 0 Å². The molecule has 1 aliphatic heterocycles. The molecule has 82 valence electrons. The average molecular weight is 206 g/mol. The first-order valence-corrected chi connectivity index (χ1v) is 4.31. The SMILES string of the molecule is CC(=O)OC1(O)OC(C)C(O)CC1O. The van der Waals surface area contributed by atoms with Gasteiger partial charge in [0.2, 0.25) is 0 Å². The third-order valence-corrected chi connectivity index (χ3v) is 2.07. The van der Waals surface area contributed by atoms with Crippen LogP contribution in [0.25, 0.3) is 0 Å². The van der Waals surface area contributed by atoms with Gasteiger partial charge >= 0.3 is 11.9 Å². The van der Waals surface area contributed by atoms with Crippen molar-refractivity contribution >= 4 is 5.97 Å². The van der Waals surface area contributed by atoms with Crippen LogP contribution in [0.15, 0.2) is 0 Å². The Morgan fingerprint density at radius 2 is 2.14 bits per heavy atom. The Morgan fingerprint density at radius 3 is 2.64 bits per heavy atom. The molecule has 3 N–H and O–H groups in total. The normalized spacial score (nSPS) is 43.4. The molecule has 0 spiro atoms. The highest BCUT2D eigenvalue weighted by atomic mass is 16.8. The van der Waals surface area contributed by atoms with E-state index in [9.17, 15) is 20.1 Å². The number of aliphatic hydroxyl groups is 3. The topological polar surface area (TPSA) is 96.2 Å². The number of hydrogen-bond donors (Lipinski definition) is 3. The molecule has 0 amide bonds. The number of hydrogen-bond acceptors (Lipinski definition) is 6. The summed E-state index contributed by atoms with van der Waals surface area (Å²) >= 11 is 0. The Balaban J connectivity index is 2.72. The molecule has 0 aromatic carbocycles. The fraction of sp³-hybridized carbons (Fsp3) is 0.875. The molecule has 4 atom stereocenters. The van der Waals surface area contributed by atoms with Crippen LogP contribution in [0.1, 0.15) is 20.3 Å². The van der Waals surface area contributed by atoms with Gasteiger partial charge in [-0.1, -0.05) is 0 Å². The number of rotatable bonds is 1. The van der Waals surface area contributed by atoms with Gasteiger partial charge in [0.05, 0.1) is 12.2 Å². The lowest BCUT2D eigenvalue weighted by molar-refractivity contribution is -0.414. The Bertz CT molecular complexity index is 230. The second kappa shape index (κ2) is 3.82. The van der Waals surface area contributed by atoms with Gasteiger partial charge in [0.15, 0.2) is 6.10 Å². The van der Waals surface area contributed by atoms with Crippen molar-refractivity contribution in [3.8, 4) is 0 Å². The van der Waals surface area contributed by atoms with E-state index in [1.807, 2.05) is 0 Å². The second-order valence-electron chi connectivity index (χ2n) is 3.37. The van der Waals surface area contributed by atoms with Gasteiger partial charge < -0.3 is 24.8 Å². The van der Waals surface area contributed by atoms with E-state index in [1.165, 1.54) is 6.92 Å². The van der Waals surface area contributed by atoms with Gasteiger partial charge in [-0.25, -0.2) is 0 Å². The molecule has 0 radical (unpaired) electrons. The number of carbonyl (C=O) groups excluding carboxylic acids is 1. The van der Waals surface area contributed by atoms with Crippen molar-refractivity contribution in [2.24, 2.45) is 0 Å². The van der Waals surface area contributed by atoms with E-state index in [2.05, 4.69) is 4.74 Å². The molecule has 1 heterocycles. The van der Waals surface area contributed by atoms with E-state index < -0.39 is 30.3 Å². The van der Waals surface area contributed by atoms with Crippen molar-refractivity contribution in [2.45, 2.75) is 44.6 Å². The van der Waals surface area contributed by atoms with E-state index in [0.29, 0.717) is 0 Å². The molecule has 4 unspecified atom stereocenters. The number of esters is 1. The predicted molar refractivity (Wildman–Crippen MR) is 43.9 cm³/mol. The Hall–Kier alpha value is -0.690. The van der Waals surface area contributed by atoms with Crippen molar-refractivity contribution in [2.75, 3.05) is 0 Å². The van der Waals surface area contributed by atoms with Crippen LogP contribution in [0.5, 0.6) is 0 Å². The van der Waals surface area contributed by atoms with Gasteiger partial charge in [-0.15, -0.1) is 0 Å². The highest BCUT2D eigenvalue weighted by molar-refractivity contribution is 5.66. The summed E-state index contributed by atoms with van der Waals surface area (Å²) in [5, 5.41) is 28.2. The Morgan fingerprint density at radius 1 is 1.57 bits per heavy atom. The van der Waals surface area contributed by atoms with E-state index in [-0.39, 0.29) is 6.42 Å². The first-order chi connectivity index (χ1) is 6.35. The average Bonchev–Trinajstić information content (AvgIpc) is 1.99. The van der Waals surface area contributed by atoms with Crippen LogP contribution in [0.4, 0.5) is 0 Å². The maximum atomic E-state index is 10.6. The standard InChI is InChI=1S/C8H14O6/c1-4-6(10)3-7(11)8(12,13-4)14-5(2)9/h4,6-7,10-12H,3H2,1-2H3. The van der Waals surface area contributed by atoms with Crippen LogP contribution in [0, 0.1) is 0 Å². The summed E-state index contributed by atoms with van der Waals surface area (Å²) in [7, 11) is 0. The molecule has 6 heteroatoms. The molecule has 0 aromatic rings. The van der Waals surface area contributed by atoms with Gasteiger partial charge in [-0.2, -0.15) is 0 Å². The number of aliphatic hydroxyl groups excluding tert-OH is 2. The Labute approximate surface area is 81.1 Å². The largest absolute Gasteiger partial charge is 0.406 e. The monoisotopic (exact) mass is 206 g/mol. The summed E-state index contributed by atoms with van der Waals surface area (Å²) < 4.78 is 9.26. The molecule has 0 saturated carbocycles. The lowest BCUT2D eigenvalue weighted by Crippen LogP contribution is -2.57. The summed E-state index contributed by atoms with van der Waals surface area (Å²) in [5.74, 6) is -3.11. The first-order valence-electron chi connectivity index (χ1n) is 4.31. The predicted octanol–water partition coefficient (Wildman–Crippen LogP) is -1.27. The molecule has 0 aliphatic carbocycles. The minimum Gasteiger partial charge on any atom is -0.406 e. The molecule has 14 heavy (non-hydrogen) atoms. The van der Waals surface area contributed by atoms with Gasteiger partial charge in [0, 0.05) is 13.3 Å². The summed E-state index contributed by atoms with van der Waals surface area (Å²) in [6.07, 6.45) is -3.15. The molecule has 6 nitrogen and oxygen atoms in total. The van der Waals surface area contributed by atoms with Crippen LogP contribution in [-0.4, -0.2) is 45.6 Å². The highest BCUT2D eigenvalue weighted by Gasteiger charge is 2.48. The van der Waals surface area contributed by atoms with Crippen LogP contribution in [-0.2, 0) is 14.3 Å². The van der Waals surface area contributed by atoms with Gasteiger partial charge in [-0.05, 0) is 6.92 Å². The molecular weight excluding hydrogens is 192 g/mol. The van der Waals surface area contributed by atoms with Crippen molar-refractivity contribution in [3.05, 3.63) is 0 Å². The zero-order valence-corrected chi connectivity index (χ0v) is 8.01. The summed E-state index contributed by atoms with van der Waals surface area (Å²) in [4.78, 5) is 10.6. The molecule has 1 rings (SSSR count). The fourth-order valence-corrected chi connectivity index (χ4v) is 1.29. The molecule has 1 aliphatic rings. The van der Waals surface area contributed by atoms with E-state index in [4.69, 9.17) is 4.74 Å². The molecule has 0 bridgehead atoms. The summed E-state index contributed by atoms with van der Waals surface area (Å²) in [6, 6.07) is 0. The van der Waals surface area contributed by atoms with Gasteiger partial charge in [0.25, 0.3) is 0 Å². The smallest absolute Gasteiger partial charge is 0.354 e. The maximum absolute atomic E-state index is 10.6. The van der Waals surface area contributed by atoms with E-state index in [0.717, 1.165) is 6.92 Å². The second-order valence-corrected chi connectivity index (χ2v) is 3.37.